The van der Waals surface area contributed by atoms with Gasteiger partial charge in [0.05, 0.1) is 11.1 Å². The molecule has 0 unspecified atom stereocenters. The van der Waals surface area contributed by atoms with E-state index in [2.05, 4.69) is 0 Å². The van der Waals surface area contributed by atoms with Gasteiger partial charge < -0.3 is 4.90 Å². The fourth-order valence-electron chi connectivity index (χ4n) is 1.51. The van der Waals surface area contributed by atoms with Crippen molar-refractivity contribution >= 4 is 17.5 Å². The van der Waals surface area contributed by atoms with Crippen LogP contribution in [0, 0.1) is 22.6 Å². The van der Waals surface area contributed by atoms with Crippen molar-refractivity contribution in [1.82, 2.24) is 4.90 Å². The molecule has 0 aliphatic rings. The summed E-state index contributed by atoms with van der Waals surface area (Å²) in [6.45, 7) is 3.40. The zero-order valence-corrected chi connectivity index (χ0v) is 11.3. The van der Waals surface area contributed by atoms with Gasteiger partial charge in [0.1, 0.15) is 11.2 Å². The molecule has 0 atom stereocenters. The smallest absolute Gasteiger partial charge is 0.242 e. The molecule has 96 valence electrons. The summed E-state index contributed by atoms with van der Waals surface area (Å²) in [6, 6.07) is 6.24. The number of halogens is 2. The van der Waals surface area contributed by atoms with Crippen molar-refractivity contribution in [3.63, 3.8) is 0 Å². The van der Waals surface area contributed by atoms with Crippen LogP contribution in [0.3, 0.4) is 0 Å². The molecular weight excluding hydrogens is 255 g/mol. The molecule has 0 saturated heterocycles. The highest BCUT2D eigenvalue weighted by Gasteiger charge is 2.30. The lowest BCUT2D eigenvalue weighted by molar-refractivity contribution is -0.136. The van der Waals surface area contributed by atoms with Crippen LogP contribution in [-0.4, -0.2) is 17.9 Å². The van der Waals surface area contributed by atoms with E-state index in [1.165, 1.54) is 17.0 Å². The molecule has 0 radical (unpaired) electrons. The van der Waals surface area contributed by atoms with Crippen LogP contribution in [0.2, 0.25) is 5.02 Å². The van der Waals surface area contributed by atoms with E-state index in [4.69, 9.17) is 16.9 Å². The third kappa shape index (κ3) is 3.21. The van der Waals surface area contributed by atoms with Crippen LogP contribution in [0.5, 0.6) is 0 Å². The molecule has 1 amide bonds. The van der Waals surface area contributed by atoms with Gasteiger partial charge in [-0.2, -0.15) is 5.26 Å². The van der Waals surface area contributed by atoms with Gasteiger partial charge in [0.2, 0.25) is 5.91 Å². The molecule has 1 rings (SSSR count). The van der Waals surface area contributed by atoms with Crippen LogP contribution < -0.4 is 0 Å². The van der Waals surface area contributed by atoms with Crippen molar-refractivity contribution in [1.29, 1.82) is 5.26 Å². The second-order valence-electron chi connectivity index (χ2n) is 4.65. The minimum Gasteiger partial charge on any atom is -0.340 e. The van der Waals surface area contributed by atoms with E-state index in [9.17, 15) is 9.18 Å². The van der Waals surface area contributed by atoms with Gasteiger partial charge in [-0.25, -0.2) is 4.39 Å². The molecular formula is C13H14ClFN2O. The van der Waals surface area contributed by atoms with E-state index in [-0.39, 0.29) is 17.5 Å². The Hall–Kier alpha value is -1.60. The molecule has 3 nitrogen and oxygen atoms in total. The molecule has 0 aliphatic heterocycles. The topological polar surface area (TPSA) is 44.1 Å². The number of hydrogen-bond donors (Lipinski definition) is 0. The first-order valence-corrected chi connectivity index (χ1v) is 5.76. The summed E-state index contributed by atoms with van der Waals surface area (Å²) in [6.07, 6.45) is 0. The fraction of sp³-hybridized carbons (Fsp3) is 0.385. The van der Waals surface area contributed by atoms with Crippen LogP contribution in [0.15, 0.2) is 18.2 Å². The minimum absolute atomic E-state index is 0.0212. The maximum Gasteiger partial charge on any atom is 0.242 e. The highest BCUT2D eigenvalue weighted by Crippen LogP contribution is 2.20. The summed E-state index contributed by atoms with van der Waals surface area (Å²) in [5.74, 6) is -0.780. The molecule has 1 aromatic carbocycles. The van der Waals surface area contributed by atoms with Crippen molar-refractivity contribution in [2.45, 2.75) is 20.4 Å². The largest absolute Gasteiger partial charge is 0.340 e. The Morgan fingerprint density at radius 2 is 2.17 bits per heavy atom. The summed E-state index contributed by atoms with van der Waals surface area (Å²) >= 11 is 5.66. The van der Waals surface area contributed by atoms with Crippen LogP contribution in [0.4, 0.5) is 4.39 Å². The van der Waals surface area contributed by atoms with E-state index in [0.29, 0.717) is 5.56 Å². The van der Waals surface area contributed by atoms with Gasteiger partial charge in [-0.1, -0.05) is 17.7 Å². The van der Waals surface area contributed by atoms with Crippen LogP contribution in [0.1, 0.15) is 19.4 Å². The van der Waals surface area contributed by atoms with Crippen LogP contribution >= 0.6 is 11.6 Å². The summed E-state index contributed by atoms with van der Waals surface area (Å²) in [5, 5.41) is 8.91. The predicted octanol–water partition coefficient (Wildman–Crippen LogP) is 2.99. The Balaban J connectivity index is 2.82. The zero-order chi connectivity index (χ0) is 13.9. The maximum absolute atomic E-state index is 13.0. The summed E-state index contributed by atoms with van der Waals surface area (Å²) in [5.41, 5.74) is -0.357. The predicted molar refractivity (Wildman–Crippen MR) is 67.3 cm³/mol. The third-order valence-electron chi connectivity index (χ3n) is 2.56. The van der Waals surface area contributed by atoms with E-state index < -0.39 is 11.2 Å². The van der Waals surface area contributed by atoms with Crippen molar-refractivity contribution in [2.75, 3.05) is 7.05 Å². The second kappa shape index (κ2) is 5.36. The molecule has 1 aromatic rings. The average Bonchev–Trinajstić information content (AvgIpc) is 2.32. The van der Waals surface area contributed by atoms with Crippen molar-refractivity contribution in [3.05, 3.63) is 34.6 Å². The van der Waals surface area contributed by atoms with Gasteiger partial charge in [-0.05, 0) is 31.5 Å². The van der Waals surface area contributed by atoms with Gasteiger partial charge in [0, 0.05) is 13.6 Å². The number of benzene rings is 1. The first-order valence-electron chi connectivity index (χ1n) is 5.38. The number of carbonyl (C=O) groups is 1. The quantitative estimate of drug-likeness (QED) is 0.846. The molecule has 0 aliphatic carbocycles. The first-order chi connectivity index (χ1) is 8.27. The first kappa shape index (κ1) is 14.5. The summed E-state index contributed by atoms with van der Waals surface area (Å²) in [7, 11) is 1.60. The maximum atomic E-state index is 13.0. The SMILES string of the molecule is CN(Cc1ccc(F)c(Cl)c1)C(=O)C(C)(C)C#N. The van der Waals surface area contributed by atoms with Crippen molar-refractivity contribution in [2.24, 2.45) is 5.41 Å². The summed E-state index contributed by atoms with van der Waals surface area (Å²) < 4.78 is 13.0. The number of carbonyl (C=O) groups excluding carboxylic acids is 1. The van der Waals surface area contributed by atoms with E-state index in [1.54, 1.807) is 27.0 Å². The number of nitrogens with zero attached hydrogens (tertiary/aromatic N) is 2. The number of nitriles is 1. The lowest BCUT2D eigenvalue weighted by Gasteiger charge is -2.24. The normalized spacial score (nSPS) is 10.9. The molecule has 5 heteroatoms. The third-order valence-corrected chi connectivity index (χ3v) is 2.85. The molecule has 18 heavy (non-hydrogen) atoms. The van der Waals surface area contributed by atoms with Gasteiger partial charge in [0.25, 0.3) is 0 Å². The zero-order valence-electron chi connectivity index (χ0n) is 10.5. The number of amides is 1. The lowest BCUT2D eigenvalue weighted by atomic mass is 9.94. The monoisotopic (exact) mass is 268 g/mol. The Labute approximate surface area is 111 Å². The Morgan fingerprint density at radius 3 is 2.67 bits per heavy atom. The second-order valence-corrected chi connectivity index (χ2v) is 5.05. The van der Waals surface area contributed by atoms with Gasteiger partial charge in [-0.3, -0.25) is 4.79 Å². The molecule has 0 fully saturated rings. The minimum atomic E-state index is -1.07. The fourth-order valence-corrected chi connectivity index (χ4v) is 1.71. The van der Waals surface area contributed by atoms with Gasteiger partial charge >= 0.3 is 0 Å². The van der Waals surface area contributed by atoms with Gasteiger partial charge in [-0.15, -0.1) is 0 Å². The molecule has 0 heterocycles. The van der Waals surface area contributed by atoms with Crippen molar-refractivity contribution in [3.8, 4) is 6.07 Å². The van der Waals surface area contributed by atoms with Crippen molar-refractivity contribution < 1.29 is 9.18 Å². The standard InChI is InChI=1S/C13H14ClFN2O/c1-13(2,8-16)12(18)17(3)7-9-4-5-11(15)10(14)6-9/h4-6H,7H2,1-3H3. The Kier molecular flexibility index (Phi) is 4.31. The molecule has 0 saturated carbocycles. The van der Waals surface area contributed by atoms with E-state index in [0.717, 1.165) is 0 Å². The van der Waals surface area contributed by atoms with Crippen LogP contribution in [0.25, 0.3) is 0 Å². The Bertz CT molecular complexity index is 508. The van der Waals surface area contributed by atoms with E-state index in [1.807, 2.05) is 6.07 Å². The highest BCUT2D eigenvalue weighted by atomic mass is 35.5. The average molecular weight is 269 g/mol. The lowest BCUT2D eigenvalue weighted by Crippen LogP contribution is -2.37. The molecule has 0 spiro atoms. The molecule has 0 bridgehead atoms. The Morgan fingerprint density at radius 1 is 1.56 bits per heavy atom. The van der Waals surface area contributed by atoms with Gasteiger partial charge in [0.15, 0.2) is 0 Å². The number of hydrogen-bond acceptors (Lipinski definition) is 2. The number of rotatable bonds is 3. The highest BCUT2D eigenvalue weighted by molar-refractivity contribution is 6.30. The van der Waals surface area contributed by atoms with Crippen LogP contribution in [-0.2, 0) is 11.3 Å². The summed E-state index contributed by atoms with van der Waals surface area (Å²) in [4.78, 5) is 13.4. The molecule has 0 N–H and O–H groups in total. The molecule has 0 aromatic heterocycles. The van der Waals surface area contributed by atoms with E-state index >= 15 is 0 Å².